The molecule has 0 saturated carbocycles. The molecular formula is C13H23N3O2. The second-order valence-electron chi connectivity index (χ2n) is 5.72. The number of hydrogen-bond donors (Lipinski definition) is 0. The molecule has 5 heteroatoms. The van der Waals surface area contributed by atoms with Gasteiger partial charge in [-0.1, -0.05) is 0 Å². The lowest BCUT2D eigenvalue weighted by Gasteiger charge is -2.39. The lowest BCUT2D eigenvalue weighted by molar-refractivity contribution is 0.00612. The second kappa shape index (κ2) is 6.05. The fraction of sp³-hybridized carbons (Fsp3) is 0.846. The predicted octanol–water partition coefficient (Wildman–Crippen LogP) is 1.84. The fourth-order valence-electron chi connectivity index (χ4n) is 2.01. The topological polar surface area (TPSA) is 56.6 Å². The predicted molar refractivity (Wildman–Crippen MR) is 69.1 cm³/mol. The van der Waals surface area contributed by atoms with E-state index in [1.54, 1.807) is 4.90 Å². The van der Waals surface area contributed by atoms with Crippen LogP contribution in [0.25, 0.3) is 0 Å². The molecule has 0 aromatic heterocycles. The smallest absolute Gasteiger partial charge is 0.410 e. The molecule has 1 rings (SSSR count). The summed E-state index contributed by atoms with van der Waals surface area (Å²) in [5, 5.41) is 8.59. The Bertz CT molecular complexity index is 330. The molecule has 1 atom stereocenters. The number of carbonyl (C=O) groups excluding carboxylic acids is 1. The summed E-state index contributed by atoms with van der Waals surface area (Å²) in [5.74, 6) is 0. The minimum atomic E-state index is -0.446. The maximum absolute atomic E-state index is 11.9. The monoisotopic (exact) mass is 253 g/mol. The first-order chi connectivity index (χ1) is 8.33. The Morgan fingerprint density at radius 1 is 1.44 bits per heavy atom. The first-order valence-electron chi connectivity index (χ1n) is 6.42. The Kier molecular flexibility index (Phi) is 4.97. The van der Waals surface area contributed by atoms with Gasteiger partial charge in [0.25, 0.3) is 0 Å². The number of hydrogen-bond acceptors (Lipinski definition) is 4. The molecule has 0 radical (unpaired) electrons. The third kappa shape index (κ3) is 4.53. The van der Waals surface area contributed by atoms with E-state index in [2.05, 4.69) is 17.9 Å². The standard InChI is InChI=1S/C13H23N3O2/c1-11-10-16(12(17)18-13(2,3)4)9-8-15(11)7-5-6-14/h11H,5,7-10H2,1-4H3/t11-/m0/s1. The molecule has 102 valence electrons. The zero-order chi connectivity index (χ0) is 13.8. The summed E-state index contributed by atoms with van der Waals surface area (Å²) in [5.41, 5.74) is -0.446. The van der Waals surface area contributed by atoms with Crippen molar-refractivity contribution in [2.45, 2.75) is 45.8 Å². The van der Waals surface area contributed by atoms with E-state index in [1.165, 1.54) is 0 Å². The Labute approximate surface area is 109 Å². The highest BCUT2D eigenvalue weighted by Crippen LogP contribution is 2.14. The summed E-state index contributed by atoms with van der Waals surface area (Å²) >= 11 is 0. The van der Waals surface area contributed by atoms with Crippen molar-refractivity contribution in [3.63, 3.8) is 0 Å². The van der Waals surface area contributed by atoms with Crippen molar-refractivity contribution in [1.29, 1.82) is 5.26 Å². The van der Waals surface area contributed by atoms with Gasteiger partial charge in [-0.15, -0.1) is 0 Å². The Morgan fingerprint density at radius 2 is 2.11 bits per heavy atom. The molecule has 5 nitrogen and oxygen atoms in total. The normalized spacial score (nSPS) is 21.5. The highest BCUT2D eigenvalue weighted by atomic mass is 16.6. The van der Waals surface area contributed by atoms with Gasteiger partial charge in [0.1, 0.15) is 5.60 Å². The Morgan fingerprint density at radius 3 is 2.61 bits per heavy atom. The number of nitriles is 1. The lowest BCUT2D eigenvalue weighted by atomic mass is 10.2. The van der Waals surface area contributed by atoms with E-state index in [1.807, 2.05) is 20.8 Å². The zero-order valence-electron chi connectivity index (χ0n) is 11.8. The van der Waals surface area contributed by atoms with E-state index in [-0.39, 0.29) is 12.1 Å². The van der Waals surface area contributed by atoms with Crippen LogP contribution in [0.2, 0.25) is 0 Å². The molecule has 1 aliphatic heterocycles. The minimum Gasteiger partial charge on any atom is -0.444 e. The van der Waals surface area contributed by atoms with E-state index in [0.717, 1.165) is 13.1 Å². The van der Waals surface area contributed by atoms with Crippen molar-refractivity contribution in [1.82, 2.24) is 9.80 Å². The van der Waals surface area contributed by atoms with Crippen LogP contribution in [0, 0.1) is 11.3 Å². The zero-order valence-corrected chi connectivity index (χ0v) is 11.8. The maximum Gasteiger partial charge on any atom is 0.410 e. The summed E-state index contributed by atoms with van der Waals surface area (Å²) in [6, 6.07) is 2.43. The summed E-state index contributed by atoms with van der Waals surface area (Å²) in [6.07, 6.45) is 0.297. The molecule has 0 unspecified atom stereocenters. The van der Waals surface area contributed by atoms with Crippen molar-refractivity contribution < 1.29 is 9.53 Å². The van der Waals surface area contributed by atoms with Crippen molar-refractivity contribution in [3.8, 4) is 6.07 Å². The quantitative estimate of drug-likeness (QED) is 0.753. The number of piperazine rings is 1. The van der Waals surface area contributed by atoms with Crippen LogP contribution < -0.4 is 0 Å². The summed E-state index contributed by atoms with van der Waals surface area (Å²) in [6.45, 7) is 10.6. The van der Waals surface area contributed by atoms with E-state index in [9.17, 15) is 4.79 Å². The molecule has 1 fully saturated rings. The SMILES string of the molecule is C[C@H]1CN(C(=O)OC(C)(C)C)CCN1CCC#N. The summed E-state index contributed by atoms with van der Waals surface area (Å²) < 4.78 is 5.36. The average Bonchev–Trinajstić information content (AvgIpc) is 2.25. The van der Waals surface area contributed by atoms with Crippen LogP contribution >= 0.6 is 0 Å². The molecule has 0 bridgehead atoms. The molecule has 0 N–H and O–H groups in total. The van der Waals surface area contributed by atoms with Crippen molar-refractivity contribution >= 4 is 6.09 Å². The van der Waals surface area contributed by atoms with E-state index in [4.69, 9.17) is 10.00 Å². The van der Waals surface area contributed by atoms with Crippen molar-refractivity contribution in [2.24, 2.45) is 0 Å². The first-order valence-corrected chi connectivity index (χ1v) is 6.42. The van der Waals surface area contributed by atoms with Gasteiger partial charge in [0.15, 0.2) is 0 Å². The van der Waals surface area contributed by atoms with Gasteiger partial charge < -0.3 is 9.64 Å². The van der Waals surface area contributed by atoms with Gasteiger partial charge in [-0.2, -0.15) is 5.26 Å². The number of amides is 1. The molecule has 1 saturated heterocycles. The molecular weight excluding hydrogens is 230 g/mol. The van der Waals surface area contributed by atoms with Crippen LogP contribution in [0.5, 0.6) is 0 Å². The largest absolute Gasteiger partial charge is 0.444 e. The molecule has 1 amide bonds. The highest BCUT2D eigenvalue weighted by Gasteiger charge is 2.29. The number of rotatable bonds is 2. The highest BCUT2D eigenvalue weighted by molar-refractivity contribution is 5.68. The second-order valence-corrected chi connectivity index (χ2v) is 5.72. The molecule has 0 aromatic carbocycles. The fourth-order valence-corrected chi connectivity index (χ4v) is 2.01. The van der Waals surface area contributed by atoms with Crippen LogP contribution in [0.15, 0.2) is 0 Å². The van der Waals surface area contributed by atoms with E-state index >= 15 is 0 Å². The average molecular weight is 253 g/mol. The minimum absolute atomic E-state index is 0.241. The van der Waals surface area contributed by atoms with Crippen LogP contribution in [-0.4, -0.2) is 53.7 Å². The van der Waals surface area contributed by atoms with Gasteiger partial charge in [0.05, 0.1) is 6.07 Å². The van der Waals surface area contributed by atoms with Crippen molar-refractivity contribution in [2.75, 3.05) is 26.2 Å². The van der Waals surface area contributed by atoms with Crippen LogP contribution in [-0.2, 0) is 4.74 Å². The van der Waals surface area contributed by atoms with Gasteiger partial charge in [0, 0.05) is 38.6 Å². The van der Waals surface area contributed by atoms with Crippen LogP contribution in [0.3, 0.4) is 0 Å². The number of carbonyl (C=O) groups is 1. The lowest BCUT2D eigenvalue weighted by Crippen LogP contribution is -2.54. The summed E-state index contributed by atoms with van der Waals surface area (Å²) in [7, 11) is 0. The molecule has 1 aliphatic rings. The first kappa shape index (κ1) is 14.8. The van der Waals surface area contributed by atoms with Gasteiger partial charge in [-0.05, 0) is 27.7 Å². The van der Waals surface area contributed by atoms with Crippen molar-refractivity contribution in [3.05, 3.63) is 0 Å². The Hall–Kier alpha value is -1.28. The van der Waals surface area contributed by atoms with Gasteiger partial charge >= 0.3 is 6.09 Å². The molecule has 0 aromatic rings. The van der Waals surface area contributed by atoms with Crippen LogP contribution in [0.4, 0.5) is 4.79 Å². The third-order valence-corrected chi connectivity index (χ3v) is 2.93. The van der Waals surface area contributed by atoms with Gasteiger partial charge in [0.2, 0.25) is 0 Å². The van der Waals surface area contributed by atoms with E-state index < -0.39 is 5.60 Å². The molecule has 18 heavy (non-hydrogen) atoms. The van der Waals surface area contributed by atoms with Gasteiger partial charge in [-0.3, -0.25) is 4.90 Å². The molecule has 1 heterocycles. The maximum atomic E-state index is 11.9. The molecule has 0 spiro atoms. The Balaban J connectivity index is 2.45. The van der Waals surface area contributed by atoms with Gasteiger partial charge in [-0.25, -0.2) is 4.79 Å². The number of nitrogens with zero attached hydrogens (tertiary/aromatic N) is 3. The van der Waals surface area contributed by atoms with Crippen LogP contribution in [0.1, 0.15) is 34.1 Å². The summed E-state index contributed by atoms with van der Waals surface area (Å²) in [4.78, 5) is 15.9. The van der Waals surface area contributed by atoms with E-state index in [0.29, 0.717) is 19.5 Å². The molecule has 0 aliphatic carbocycles. The number of ether oxygens (including phenoxy) is 1. The third-order valence-electron chi connectivity index (χ3n) is 2.93.